The van der Waals surface area contributed by atoms with Crippen molar-refractivity contribution in [3.63, 3.8) is 0 Å². The summed E-state index contributed by atoms with van der Waals surface area (Å²) in [4.78, 5) is 17.2. The Balaban J connectivity index is 1.86. The molecular weight excluding hydrogens is 244 g/mol. The quantitative estimate of drug-likeness (QED) is 0.898. The normalized spacial score (nSPS) is 13.1. The standard InChI is InChI=1S/C14H12N2OS/c17-14(11-4-2-7-15-9-11)16-12-5-1-3-10-6-8-18-13(10)12/h1-5,7,9H,6,8H2,(H,16,17). The van der Waals surface area contributed by atoms with E-state index >= 15 is 0 Å². The van der Waals surface area contributed by atoms with Gasteiger partial charge in [0.25, 0.3) is 5.91 Å². The van der Waals surface area contributed by atoms with Crippen molar-refractivity contribution in [2.75, 3.05) is 11.1 Å². The number of nitrogens with one attached hydrogen (secondary N) is 1. The van der Waals surface area contributed by atoms with Gasteiger partial charge in [-0.15, -0.1) is 11.8 Å². The molecule has 1 N–H and O–H groups in total. The minimum Gasteiger partial charge on any atom is -0.321 e. The van der Waals surface area contributed by atoms with E-state index in [9.17, 15) is 4.79 Å². The van der Waals surface area contributed by atoms with Crippen LogP contribution in [0.4, 0.5) is 5.69 Å². The molecule has 2 aromatic rings. The highest BCUT2D eigenvalue weighted by Gasteiger charge is 2.16. The predicted octanol–water partition coefficient (Wildman–Crippen LogP) is 2.98. The van der Waals surface area contributed by atoms with Gasteiger partial charge in [-0.05, 0) is 30.2 Å². The minimum absolute atomic E-state index is 0.107. The summed E-state index contributed by atoms with van der Waals surface area (Å²) < 4.78 is 0. The molecule has 4 heteroatoms. The third-order valence-corrected chi connectivity index (χ3v) is 4.07. The fraction of sp³-hybridized carbons (Fsp3) is 0.143. The van der Waals surface area contributed by atoms with Crippen LogP contribution in [0.2, 0.25) is 0 Å². The molecule has 0 radical (unpaired) electrons. The number of nitrogens with zero attached hydrogens (tertiary/aromatic N) is 1. The molecule has 1 aliphatic heterocycles. The zero-order valence-corrected chi connectivity index (χ0v) is 10.5. The zero-order chi connectivity index (χ0) is 12.4. The Bertz CT molecular complexity index is 584. The van der Waals surface area contributed by atoms with Crippen molar-refractivity contribution in [3.8, 4) is 0 Å². The van der Waals surface area contributed by atoms with Gasteiger partial charge >= 0.3 is 0 Å². The molecule has 0 aliphatic carbocycles. The number of fused-ring (bicyclic) bond motifs is 1. The molecule has 0 unspecified atom stereocenters. The molecule has 0 fully saturated rings. The number of aryl methyl sites for hydroxylation is 1. The Labute approximate surface area is 110 Å². The molecule has 0 bridgehead atoms. The summed E-state index contributed by atoms with van der Waals surface area (Å²) in [6.07, 6.45) is 4.31. The molecule has 3 nitrogen and oxygen atoms in total. The number of rotatable bonds is 2. The summed E-state index contributed by atoms with van der Waals surface area (Å²) >= 11 is 1.80. The summed E-state index contributed by atoms with van der Waals surface area (Å²) in [5.74, 6) is 0.985. The molecule has 0 spiro atoms. The van der Waals surface area contributed by atoms with Crippen molar-refractivity contribution in [1.82, 2.24) is 4.98 Å². The fourth-order valence-electron chi connectivity index (χ4n) is 2.01. The Morgan fingerprint density at radius 1 is 1.28 bits per heavy atom. The lowest BCUT2D eigenvalue weighted by atomic mass is 10.1. The van der Waals surface area contributed by atoms with Crippen molar-refractivity contribution in [2.24, 2.45) is 0 Å². The Hall–Kier alpha value is -1.81. The maximum atomic E-state index is 12.1. The summed E-state index contributed by atoms with van der Waals surface area (Å²) in [7, 11) is 0. The molecule has 1 aromatic carbocycles. The first-order valence-corrected chi connectivity index (χ1v) is 6.79. The van der Waals surface area contributed by atoms with Gasteiger partial charge < -0.3 is 5.32 Å². The van der Waals surface area contributed by atoms with Crippen molar-refractivity contribution in [2.45, 2.75) is 11.3 Å². The average molecular weight is 256 g/mol. The van der Waals surface area contributed by atoms with Crippen LogP contribution < -0.4 is 5.32 Å². The molecule has 3 rings (SSSR count). The van der Waals surface area contributed by atoms with E-state index in [1.165, 1.54) is 10.5 Å². The maximum Gasteiger partial charge on any atom is 0.257 e. The van der Waals surface area contributed by atoms with Gasteiger partial charge in [-0.3, -0.25) is 9.78 Å². The second kappa shape index (κ2) is 4.82. The largest absolute Gasteiger partial charge is 0.321 e. The first kappa shape index (κ1) is 11.3. The third-order valence-electron chi connectivity index (χ3n) is 2.89. The van der Waals surface area contributed by atoms with E-state index in [0.717, 1.165) is 17.9 Å². The van der Waals surface area contributed by atoms with Gasteiger partial charge in [0.2, 0.25) is 0 Å². The number of pyridine rings is 1. The highest BCUT2D eigenvalue weighted by molar-refractivity contribution is 7.99. The minimum atomic E-state index is -0.107. The number of amides is 1. The van der Waals surface area contributed by atoms with Crippen LogP contribution in [0.3, 0.4) is 0 Å². The van der Waals surface area contributed by atoms with E-state index in [2.05, 4.69) is 16.4 Å². The van der Waals surface area contributed by atoms with E-state index < -0.39 is 0 Å². The summed E-state index contributed by atoms with van der Waals surface area (Å²) in [6, 6.07) is 9.59. The van der Waals surface area contributed by atoms with E-state index in [1.807, 2.05) is 12.1 Å². The van der Waals surface area contributed by atoms with Crippen molar-refractivity contribution >= 4 is 23.4 Å². The lowest BCUT2D eigenvalue weighted by molar-refractivity contribution is 0.102. The van der Waals surface area contributed by atoms with Crippen LogP contribution in [-0.2, 0) is 6.42 Å². The van der Waals surface area contributed by atoms with Crippen LogP contribution in [0, 0.1) is 0 Å². The van der Waals surface area contributed by atoms with E-state index in [0.29, 0.717) is 5.56 Å². The zero-order valence-electron chi connectivity index (χ0n) is 9.72. The highest BCUT2D eigenvalue weighted by atomic mass is 32.2. The van der Waals surface area contributed by atoms with Gasteiger partial charge in [-0.1, -0.05) is 12.1 Å². The van der Waals surface area contributed by atoms with Crippen LogP contribution >= 0.6 is 11.8 Å². The summed E-state index contributed by atoms with van der Waals surface area (Å²) in [5, 5.41) is 2.96. The van der Waals surface area contributed by atoms with Crippen LogP contribution in [0.15, 0.2) is 47.6 Å². The van der Waals surface area contributed by atoms with Gasteiger partial charge in [0.1, 0.15) is 0 Å². The number of hydrogen-bond donors (Lipinski definition) is 1. The molecule has 0 saturated heterocycles. The lowest BCUT2D eigenvalue weighted by Gasteiger charge is -2.09. The lowest BCUT2D eigenvalue weighted by Crippen LogP contribution is -2.12. The summed E-state index contributed by atoms with van der Waals surface area (Å²) in [5.41, 5.74) is 2.81. The van der Waals surface area contributed by atoms with Crippen LogP contribution in [-0.4, -0.2) is 16.6 Å². The van der Waals surface area contributed by atoms with Gasteiger partial charge in [0.05, 0.1) is 11.3 Å². The average Bonchev–Trinajstić information content (AvgIpc) is 2.89. The van der Waals surface area contributed by atoms with Gasteiger partial charge in [0, 0.05) is 23.0 Å². The molecule has 0 saturated carbocycles. The van der Waals surface area contributed by atoms with Crippen molar-refractivity contribution < 1.29 is 4.79 Å². The number of benzene rings is 1. The van der Waals surface area contributed by atoms with Gasteiger partial charge in [-0.2, -0.15) is 0 Å². The van der Waals surface area contributed by atoms with E-state index in [1.54, 1.807) is 36.3 Å². The van der Waals surface area contributed by atoms with Crippen molar-refractivity contribution in [3.05, 3.63) is 53.9 Å². The number of aromatic nitrogens is 1. The maximum absolute atomic E-state index is 12.1. The van der Waals surface area contributed by atoms with Crippen LogP contribution in [0.1, 0.15) is 15.9 Å². The molecule has 90 valence electrons. The molecule has 0 atom stereocenters. The topological polar surface area (TPSA) is 42.0 Å². The van der Waals surface area contributed by atoms with Crippen molar-refractivity contribution in [1.29, 1.82) is 0 Å². The summed E-state index contributed by atoms with van der Waals surface area (Å²) in [6.45, 7) is 0. The van der Waals surface area contributed by atoms with Gasteiger partial charge in [0.15, 0.2) is 0 Å². The number of carbonyl (C=O) groups excluding carboxylic acids is 1. The van der Waals surface area contributed by atoms with Crippen LogP contribution in [0.5, 0.6) is 0 Å². The first-order chi connectivity index (χ1) is 8.84. The number of carbonyl (C=O) groups is 1. The van der Waals surface area contributed by atoms with E-state index in [-0.39, 0.29) is 5.91 Å². The molecular formula is C14H12N2OS. The SMILES string of the molecule is O=C(Nc1cccc2c1SCC2)c1cccnc1. The molecule has 1 aromatic heterocycles. The molecule has 2 heterocycles. The number of hydrogen-bond acceptors (Lipinski definition) is 3. The second-order valence-electron chi connectivity index (χ2n) is 4.09. The third kappa shape index (κ3) is 2.11. The highest BCUT2D eigenvalue weighted by Crippen LogP contribution is 2.37. The smallest absolute Gasteiger partial charge is 0.257 e. The van der Waals surface area contributed by atoms with Gasteiger partial charge in [-0.25, -0.2) is 0 Å². The molecule has 1 amide bonds. The molecule has 18 heavy (non-hydrogen) atoms. The monoisotopic (exact) mass is 256 g/mol. The predicted molar refractivity (Wildman–Crippen MR) is 73.1 cm³/mol. The second-order valence-corrected chi connectivity index (χ2v) is 5.19. The van der Waals surface area contributed by atoms with E-state index in [4.69, 9.17) is 0 Å². The number of thioether (sulfide) groups is 1. The van der Waals surface area contributed by atoms with Crippen LogP contribution in [0.25, 0.3) is 0 Å². The fourth-order valence-corrected chi connectivity index (χ4v) is 3.16. The first-order valence-electron chi connectivity index (χ1n) is 5.80. The number of anilines is 1. The Morgan fingerprint density at radius 2 is 2.22 bits per heavy atom. The Kier molecular flexibility index (Phi) is 3.02. The Morgan fingerprint density at radius 3 is 3.06 bits per heavy atom. The molecule has 1 aliphatic rings.